The minimum Gasteiger partial charge on any atom is -0.484 e. The third-order valence-electron chi connectivity index (χ3n) is 3.33. The topological polar surface area (TPSA) is 38.3 Å². The first-order valence-electron chi connectivity index (χ1n) is 7.29. The summed E-state index contributed by atoms with van der Waals surface area (Å²) in [6, 6.07) is 16.9. The number of carbonyl (C=O) groups is 1. The predicted molar refractivity (Wildman–Crippen MR) is 89.1 cm³/mol. The Morgan fingerprint density at radius 2 is 1.73 bits per heavy atom. The Bertz CT molecular complexity index is 596. The molecule has 0 saturated carbocycles. The van der Waals surface area contributed by atoms with Gasteiger partial charge in [-0.1, -0.05) is 55.8 Å². The van der Waals surface area contributed by atoms with Crippen molar-refractivity contribution in [2.75, 3.05) is 6.61 Å². The molecule has 0 radical (unpaired) electrons. The summed E-state index contributed by atoms with van der Waals surface area (Å²) in [5.41, 5.74) is 1.09. The summed E-state index contributed by atoms with van der Waals surface area (Å²) >= 11 is 5.81. The van der Waals surface area contributed by atoms with Crippen molar-refractivity contribution in [1.82, 2.24) is 5.32 Å². The lowest BCUT2D eigenvalue weighted by molar-refractivity contribution is -0.124. The lowest BCUT2D eigenvalue weighted by Gasteiger charge is -2.23. The highest BCUT2D eigenvalue weighted by Crippen LogP contribution is 2.21. The van der Waals surface area contributed by atoms with Crippen LogP contribution in [0.2, 0.25) is 5.02 Å². The van der Waals surface area contributed by atoms with Gasteiger partial charge in [0.1, 0.15) is 5.75 Å². The van der Waals surface area contributed by atoms with Gasteiger partial charge in [0, 0.05) is 5.02 Å². The summed E-state index contributed by atoms with van der Waals surface area (Å²) in [7, 11) is 0. The van der Waals surface area contributed by atoms with Gasteiger partial charge in [0.15, 0.2) is 6.61 Å². The highest BCUT2D eigenvalue weighted by Gasteiger charge is 2.18. The molecule has 0 aliphatic rings. The van der Waals surface area contributed by atoms with Gasteiger partial charge in [-0.2, -0.15) is 0 Å². The maximum atomic E-state index is 12.1. The van der Waals surface area contributed by atoms with Crippen LogP contribution >= 0.6 is 11.6 Å². The van der Waals surface area contributed by atoms with Gasteiger partial charge in [-0.25, -0.2) is 0 Å². The Balaban J connectivity index is 1.93. The summed E-state index contributed by atoms with van der Waals surface area (Å²) in [5, 5.41) is 3.66. The molecule has 1 N–H and O–H groups in total. The van der Waals surface area contributed by atoms with Crippen molar-refractivity contribution >= 4 is 17.5 Å². The number of amides is 1. The summed E-state index contributed by atoms with van der Waals surface area (Å²) in [5.74, 6) is 0.778. The molecule has 3 nitrogen and oxygen atoms in total. The maximum absolute atomic E-state index is 12.1. The maximum Gasteiger partial charge on any atom is 0.258 e. The van der Waals surface area contributed by atoms with Crippen LogP contribution in [0.3, 0.4) is 0 Å². The number of benzene rings is 2. The molecule has 0 saturated heterocycles. The third kappa shape index (κ3) is 4.78. The monoisotopic (exact) mass is 317 g/mol. The third-order valence-corrected chi connectivity index (χ3v) is 3.58. The first-order valence-corrected chi connectivity index (χ1v) is 7.66. The minimum absolute atomic E-state index is 0.0162. The Kier molecular flexibility index (Phi) is 5.84. The number of hydrogen-bond donors (Lipinski definition) is 1. The van der Waals surface area contributed by atoms with Crippen molar-refractivity contribution in [2.24, 2.45) is 5.92 Å². The van der Waals surface area contributed by atoms with Crippen LogP contribution in [0.4, 0.5) is 0 Å². The second-order valence-electron chi connectivity index (χ2n) is 5.44. The lowest BCUT2D eigenvalue weighted by atomic mass is 9.96. The molecule has 0 bridgehead atoms. The number of carbonyl (C=O) groups excluding carboxylic acids is 1. The molecule has 0 fully saturated rings. The molecule has 2 aromatic carbocycles. The molecule has 1 atom stereocenters. The molecular weight excluding hydrogens is 298 g/mol. The minimum atomic E-state index is -0.141. The van der Waals surface area contributed by atoms with Gasteiger partial charge >= 0.3 is 0 Å². The van der Waals surface area contributed by atoms with Gasteiger partial charge in [-0.15, -0.1) is 0 Å². The van der Waals surface area contributed by atoms with Gasteiger partial charge in [-0.05, 0) is 35.7 Å². The van der Waals surface area contributed by atoms with Gasteiger partial charge in [-0.3, -0.25) is 4.79 Å². The van der Waals surface area contributed by atoms with Crippen LogP contribution in [-0.4, -0.2) is 12.5 Å². The quantitative estimate of drug-likeness (QED) is 0.865. The lowest BCUT2D eigenvalue weighted by Crippen LogP contribution is -2.35. The Hall–Kier alpha value is -2.00. The fraction of sp³-hybridized carbons (Fsp3) is 0.278. The number of hydrogen-bond acceptors (Lipinski definition) is 2. The van der Waals surface area contributed by atoms with Crippen LogP contribution in [0.5, 0.6) is 5.75 Å². The van der Waals surface area contributed by atoms with E-state index in [9.17, 15) is 4.79 Å². The second kappa shape index (κ2) is 7.85. The molecule has 2 rings (SSSR count). The van der Waals surface area contributed by atoms with E-state index >= 15 is 0 Å². The highest BCUT2D eigenvalue weighted by molar-refractivity contribution is 6.30. The van der Waals surface area contributed by atoms with E-state index in [1.807, 2.05) is 30.3 Å². The Morgan fingerprint density at radius 1 is 1.09 bits per heavy atom. The van der Waals surface area contributed by atoms with Crippen LogP contribution in [0.15, 0.2) is 54.6 Å². The largest absolute Gasteiger partial charge is 0.484 e. The normalized spacial score (nSPS) is 12.0. The van der Waals surface area contributed by atoms with Crippen molar-refractivity contribution in [1.29, 1.82) is 0 Å². The molecule has 22 heavy (non-hydrogen) atoms. The SMILES string of the molecule is CC(C)[C@@H](NC(=O)COc1ccc(Cl)cc1)c1ccccc1. The van der Waals surface area contributed by atoms with Gasteiger partial charge < -0.3 is 10.1 Å². The number of nitrogens with one attached hydrogen (secondary N) is 1. The van der Waals surface area contributed by atoms with E-state index < -0.39 is 0 Å². The number of rotatable bonds is 6. The van der Waals surface area contributed by atoms with Crippen molar-refractivity contribution in [3.8, 4) is 5.75 Å². The van der Waals surface area contributed by atoms with E-state index in [0.29, 0.717) is 16.7 Å². The highest BCUT2D eigenvalue weighted by atomic mass is 35.5. The van der Waals surface area contributed by atoms with E-state index in [-0.39, 0.29) is 18.6 Å². The molecule has 4 heteroatoms. The van der Waals surface area contributed by atoms with E-state index in [1.54, 1.807) is 24.3 Å². The molecule has 2 aromatic rings. The average molecular weight is 318 g/mol. The van der Waals surface area contributed by atoms with Crippen LogP contribution < -0.4 is 10.1 Å². The second-order valence-corrected chi connectivity index (χ2v) is 5.88. The van der Waals surface area contributed by atoms with E-state index in [4.69, 9.17) is 16.3 Å². The van der Waals surface area contributed by atoms with E-state index in [1.165, 1.54) is 0 Å². The first kappa shape index (κ1) is 16.4. The van der Waals surface area contributed by atoms with Crippen LogP contribution in [-0.2, 0) is 4.79 Å². The van der Waals surface area contributed by atoms with Gasteiger partial charge in [0.2, 0.25) is 0 Å². The average Bonchev–Trinajstić information content (AvgIpc) is 2.52. The van der Waals surface area contributed by atoms with Crippen molar-refractivity contribution in [3.63, 3.8) is 0 Å². The predicted octanol–water partition coefficient (Wildman–Crippen LogP) is 4.23. The standard InChI is InChI=1S/C18H20ClNO2/c1-13(2)18(14-6-4-3-5-7-14)20-17(21)12-22-16-10-8-15(19)9-11-16/h3-11,13,18H,12H2,1-2H3,(H,20,21)/t18-/m1/s1. The summed E-state index contributed by atoms with van der Waals surface area (Å²) < 4.78 is 5.47. The molecule has 0 aliphatic heterocycles. The fourth-order valence-corrected chi connectivity index (χ4v) is 2.32. The Labute approximate surface area is 136 Å². The van der Waals surface area contributed by atoms with Gasteiger partial charge in [0.25, 0.3) is 5.91 Å². The van der Waals surface area contributed by atoms with Crippen LogP contribution in [0.25, 0.3) is 0 Å². The summed E-state index contributed by atoms with van der Waals surface area (Å²) in [6.07, 6.45) is 0. The zero-order chi connectivity index (χ0) is 15.9. The fourth-order valence-electron chi connectivity index (χ4n) is 2.19. The zero-order valence-electron chi connectivity index (χ0n) is 12.8. The molecule has 0 aromatic heterocycles. The van der Waals surface area contributed by atoms with E-state index in [2.05, 4.69) is 19.2 Å². The van der Waals surface area contributed by atoms with Crippen LogP contribution in [0, 0.1) is 5.92 Å². The summed E-state index contributed by atoms with van der Waals surface area (Å²) in [4.78, 5) is 12.1. The molecule has 1 amide bonds. The molecule has 0 unspecified atom stereocenters. The molecular formula is C18H20ClNO2. The smallest absolute Gasteiger partial charge is 0.258 e. The van der Waals surface area contributed by atoms with Crippen molar-refractivity contribution in [2.45, 2.75) is 19.9 Å². The van der Waals surface area contributed by atoms with Gasteiger partial charge in [0.05, 0.1) is 6.04 Å². The van der Waals surface area contributed by atoms with Crippen molar-refractivity contribution in [3.05, 3.63) is 65.2 Å². The zero-order valence-corrected chi connectivity index (χ0v) is 13.5. The first-order chi connectivity index (χ1) is 10.6. The van der Waals surface area contributed by atoms with E-state index in [0.717, 1.165) is 5.56 Å². The molecule has 0 spiro atoms. The van der Waals surface area contributed by atoms with Crippen LogP contribution in [0.1, 0.15) is 25.5 Å². The molecule has 116 valence electrons. The Morgan fingerprint density at radius 3 is 2.32 bits per heavy atom. The summed E-state index contributed by atoms with van der Waals surface area (Å²) in [6.45, 7) is 4.15. The molecule has 0 aliphatic carbocycles. The number of ether oxygens (including phenoxy) is 1. The number of halogens is 1. The molecule has 0 heterocycles. The van der Waals surface area contributed by atoms with Crippen molar-refractivity contribution < 1.29 is 9.53 Å².